The van der Waals surface area contributed by atoms with Crippen molar-refractivity contribution in [1.29, 1.82) is 0 Å². The zero-order valence-corrected chi connectivity index (χ0v) is 25.0. The van der Waals surface area contributed by atoms with Crippen LogP contribution in [0.3, 0.4) is 0 Å². The Morgan fingerprint density at radius 2 is 1.82 bits per heavy atom. The van der Waals surface area contributed by atoms with Crippen molar-refractivity contribution in [2.75, 3.05) is 33.4 Å². The molecular weight excluding hydrogens is 528 g/mol. The molecule has 1 heterocycles. The number of hydrogen-bond acceptors (Lipinski definition) is 7. The third-order valence-corrected chi connectivity index (χ3v) is 7.87. The van der Waals surface area contributed by atoms with Gasteiger partial charge in [-0.1, -0.05) is 43.2 Å². The summed E-state index contributed by atoms with van der Waals surface area (Å²) in [6, 6.07) is 13.8. The summed E-state index contributed by atoms with van der Waals surface area (Å²) in [4.78, 5) is 0. The first-order valence-corrected chi connectivity index (χ1v) is 15.8. The second-order valence-electron chi connectivity index (χ2n) is 10.7. The first kappa shape index (κ1) is 32.2. The summed E-state index contributed by atoms with van der Waals surface area (Å²) in [6.45, 7) is 7.23. The second-order valence-corrected chi connectivity index (χ2v) is 12.4. The van der Waals surface area contributed by atoms with Gasteiger partial charge < -0.3 is 24.6 Å². The molecule has 1 aliphatic rings. The number of hydrogen-bond donors (Lipinski definition) is 3. The highest BCUT2D eigenvalue weighted by Gasteiger charge is 2.27. The Hall–Kier alpha value is -2.27. The summed E-state index contributed by atoms with van der Waals surface area (Å²) in [5.41, 5.74) is 3.92. The van der Waals surface area contributed by atoms with Gasteiger partial charge in [0.2, 0.25) is 15.8 Å². The molecule has 40 heavy (non-hydrogen) atoms. The highest BCUT2D eigenvalue weighted by molar-refractivity contribution is 7.92. The van der Waals surface area contributed by atoms with E-state index in [2.05, 4.69) is 16.1 Å². The standard InChI is InChI=1S/C31H46N2O6S/c1-31(2)38-24-28-22-27(14-15-30(28)39-31)29(34)23-33-17-7-4-5-8-18-37-19-9-6-11-25-12-10-13-26(21-25)16-20-40(35,36)32-3/h10,12-16,20-22,29,32-34H,4-9,11,17-19,23-24H2,1-3H3/t29-/m0/s1. The van der Waals surface area contributed by atoms with Gasteiger partial charge in [0, 0.05) is 44.6 Å². The molecule has 222 valence electrons. The average molecular weight is 575 g/mol. The molecule has 0 aliphatic carbocycles. The molecule has 2 aromatic carbocycles. The van der Waals surface area contributed by atoms with Gasteiger partial charge in [-0.3, -0.25) is 0 Å². The zero-order chi connectivity index (χ0) is 28.8. The molecular formula is C31H46N2O6S. The number of aryl methyl sites for hydroxylation is 1. The van der Waals surface area contributed by atoms with Gasteiger partial charge in [0.15, 0.2) is 0 Å². The molecule has 8 nitrogen and oxygen atoms in total. The summed E-state index contributed by atoms with van der Waals surface area (Å²) in [7, 11) is -1.96. The maximum Gasteiger partial charge on any atom is 0.233 e. The lowest BCUT2D eigenvalue weighted by molar-refractivity contribution is -0.180. The van der Waals surface area contributed by atoms with Gasteiger partial charge in [-0.2, -0.15) is 0 Å². The number of unbranched alkanes of at least 4 members (excludes halogenated alkanes) is 4. The van der Waals surface area contributed by atoms with Crippen molar-refractivity contribution in [3.05, 3.63) is 70.1 Å². The van der Waals surface area contributed by atoms with Gasteiger partial charge >= 0.3 is 0 Å². The summed E-state index contributed by atoms with van der Waals surface area (Å²) >= 11 is 0. The van der Waals surface area contributed by atoms with Gasteiger partial charge in [-0.25, -0.2) is 13.1 Å². The summed E-state index contributed by atoms with van der Waals surface area (Å²) in [5.74, 6) is 0.207. The van der Waals surface area contributed by atoms with Crippen molar-refractivity contribution in [2.24, 2.45) is 0 Å². The van der Waals surface area contributed by atoms with Crippen molar-refractivity contribution in [3.63, 3.8) is 0 Å². The number of aliphatic hydroxyl groups excluding tert-OH is 1. The number of aliphatic hydroxyl groups is 1. The predicted octanol–water partition coefficient (Wildman–Crippen LogP) is 5.07. The Bertz CT molecular complexity index is 1180. The van der Waals surface area contributed by atoms with Gasteiger partial charge in [-0.15, -0.1) is 0 Å². The second kappa shape index (κ2) is 16.2. The molecule has 0 unspecified atom stereocenters. The van der Waals surface area contributed by atoms with Crippen LogP contribution in [0.5, 0.6) is 5.75 Å². The highest BCUT2D eigenvalue weighted by atomic mass is 32.2. The molecule has 0 saturated heterocycles. The third kappa shape index (κ3) is 11.7. The first-order chi connectivity index (χ1) is 19.2. The molecule has 3 rings (SSSR count). The molecule has 1 aliphatic heterocycles. The fraction of sp³-hybridized carbons (Fsp3) is 0.548. The highest BCUT2D eigenvalue weighted by Crippen LogP contribution is 2.32. The van der Waals surface area contributed by atoms with Crippen LogP contribution in [0.1, 0.15) is 80.7 Å². The number of fused-ring (bicyclic) bond motifs is 1. The van der Waals surface area contributed by atoms with Gasteiger partial charge in [-0.05, 0) is 80.6 Å². The molecule has 0 fully saturated rings. The molecule has 0 aromatic heterocycles. The normalized spacial score (nSPS) is 15.6. The zero-order valence-electron chi connectivity index (χ0n) is 24.2. The third-order valence-electron chi connectivity index (χ3n) is 6.81. The molecule has 2 aromatic rings. The Labute approximate surface area is 240 Å². The van der Waals surface area contributed by atoms with E-state index in [4.69, 9.17) is 14.2 Å². The van der Waals surface area contributed by atoms with E-state index >= 15 is 0 Å². The monoisotopic (exact) mass is 574 g/mol. The Morgan fingerprint density at radius 3 is 2.62 bits per heavy atom. The van der Waals surface area contributed by atoms with Gasteiger partial charge in [0.1, 0.15) is 5.75 Å². The fourth-order valence-electron chi connectivity index (χ4n) is 4.45. The largest absolute Gasteiger partial charge is 0.463 e. The molecule has 0 radical (unpaired) electrons. The topological polar surface area (TPSA) is 106 Å². The lowest BCUT2D eigenvalue weighted by Gasteiger charge is -2.33. The van der Waals surface area contributed by atoms with Crippen molar-refractivity contribution < 1.29 is 27.7 Å². The van der Waals surface area contributed by atoms with Crippen molar-refractivity contribution in [1.82, 2.24) is 10.0 Å². The van der Waals surface area contributed by atoms with E-state index in [0.717, 1.165) is 87.1 Å². The van der Waals surface area contributed by atoms with E-state index in [0.29, 0.717) is 13.2 Å². The fourth-order valence-corrected chi connectivity index (χ4v) is 4.93. The molecule has 0 bridgehead atoms. The molecule has 9 heteroatoms. The van der Waals surface area contributed by atoms with Crippen LogP contribution >= 0.6 is 0 Å². The van der Waals surface area contributed by atoms with Crippen LogP contribution in [-0.4, -0.2) is 52.7 Å². The molecule has 3 N–H and O–H groups in total. The summed E-state index contributed by atoms with van der Waals surface area (Å²) in [6.07, 6.45) is 8.43. The minimum Gasteiger partial charge on any atom is -0.463 e. The van der Waals surface area contributed by atoms with Crippen LogP contribution in [-0.2, 0) is 32.5 Å². The number of rotatable bonds is 18. The Kier molecular flexibility index (Phi) is 13.1. The maximum atomic E-state index is 11.5. The lowest BCUT2D eigenvalue weighted by atomic mass is 10.0. The number of benzene rings is 2. The van der Waals surface area contributed by atoms with Crippen LogP contribution < -0.4 is 14.8 Å². The summed E-state index contributed by atoms with van der Waals surface area (Å²) < 4.78 is 42.7. The average Bonchev–Trinajstić information content (AvgIpc) is 2.94. The Morgan fingerprint density at radius 1 is 1.05 bits per heavy atom. The van der Waals surface area contributed by atoms with E-state index in [9.17, 15) is 13.5 Å². The minimum absolute atomic E-state index is 0.488. The lowest BCUT2D eigenvalue weighted by Crippen LogP contribution is -2.35. The molecule has 0 saturated carbocycles. The van der Waals surface area contributed by atoms with E-state index in [-0.39, 0.29) is 0 Å². The first-order valence-electron chi connectivity index (χ1n) is 14.3. The van der Waals surface area contributed by atoms with E-state index in [1.807, 2.05) is 50.2 Å². The van der Waals surface area contributed by atoms with E-state index < -0.39 is 21.9 Å². The molecule has 1 atom stereocenters. The summed E-state index contributed by atoms with van der Waals surface area (Å²) in [5, 5.41) is 15.1. The SMILES string of the molecule is CNS(=O)(=O)C=Cc1cccc(CCCCOCCCCCCNC[C@H](O)c2ccc3c(c2)COC(C)(C)O3)c1. The van der Waals surface area contributed by atoms with E-state index in [1.165, 1.54) is 18.0 Å². The molecule has 0 spiro atoms. The van der Waals surface area contributed by atoms with Gasteiger partial charge in [0.05, 0.1) is 12.7 Å². The van der Waals surface area contributed by atoms with Crippen LogP contribution in [0.4, 0.5) is 0 Å². The van der Waals surface area contributed by atoms with Crippen LogP contribution in [0.2, 0.25) is 0 Å². The maximum absolute atomic E-state index is 11.5. The smallest absolute Gasteiger partial charge is 0.233 e. The van der Waals surface area contributed by atoms with E-state index in [1.54, 1.807) is 6.08 Å². The van der Waals surface area contributed by atoms with Crippen LogP contribution in [0.15, 0.2) is 47.9 Å². The van der Waals surface area contributed by atoms with Crippen molar-refractivity contribution >= 4 is 16.1 Å². The number of nitrogens with one attached hydrogen (secondary N) is 2. The van der Waals surface area contributed by atoms with Crippen molar-refractivity contribution in [3.8, 4) is 5.75 Å². The predicted molar refractivity (Wildman–Crippen MR) is 159 cm³/mol. The van der Waals surface area contributed by atoms with Crippen LogP contribution in [0, 0.1) is 0 Å². The van der Waals surface area contributed by atoms with Crippen LogP contribution in [0.25, 0.3) is 6.08 Å². The molecule has 0 amide bonds. The van der Waals surface area contributed by atoms with Gasteiger partial charge in [0.25, 0.3) is 0 Å². The number of ether oxygens (including phenoxy) is 3. The minimum atomic E-state index is -3.35. The quantitative estimate of drug-likeness (QED) is 0.213. The number of sulfonamides is 1. The Balaban J connectivity index is 1.16. The van der Waals surface area contributed by atoms with Crippen molar-refractivity contribution in [2.45, 2.75) is 77.3 Å².